The number of halogens is 1. The van der Waals surface area contributed by atoms with Crippen molar-refractivity contribution < 1.29 is 4.74 Å². The molecule has 0 spiro atoms. The van der Waals surface area contributed by atoms with Crippen molar-refractivity contribution in [2.45, 2.75) is 32.6 Å². The molecule has 0 amide bonds. The monoisotopic (exact) mass is 486 g/mol. The van der Waals surface area contributed by atoms with Crippen molar-refractivity contribution in [1.29, 1.82) is 0 Å². The van der Waals surface area contributed by atoms with E-state index >= 15 is 0 Å². The first kappa shape index (κ1) is 21.0. The van der Waals surface area contributed by atoms with Crippen LogP contribution in [0.2, 0.25) is 0 Å². The Morgan fingerprint density at radius 1 is 1.27 bits per heavy atom. The van der Waals surface area contributed by atoms with Gasteiger partial charge in [-0.2, -0.15) is 0 Å². The number of guanidine groups is 1. The van der Waals surface area contributed by atoms with Crippen LogP contribution in [0.15, 0.2) is 29.4 Å². The molecule has 1 aromatic heterocycles. The van der Waals surface area contributed by atoms with Crippen molar-refractivity contribution >= 4 is 41.3 Å². The maximum absolute atomic E-state index is 5.55. The number of thiazole rings is 1. The van der Waals surface area contributed by atoms with Crippen molar-refractivity contribution in [2.75, 3.05) is 26.7 Å². The maximum atomic E-state index is 5.55. The summed E-state index contributed by atoms with van der Waals surface area (Å²) in [6, 6.07) is 6.49. The van der Waals surface area contributed by atoms with Crippen molar-refractivity contribution in [1.82, 2.24) is 15.6 Å². The smallest absolute Gasteiger partial charge is 0.191 e. The fourth-order valence-electron chi connectivity index (χ4n) is 2.86. The first-order valence-electron chi connectivity index (χ1n) is 8.91. The molecule has 1 aromatic carbocycles. The Kier molecular flexibility index (Phi) is 8.64. The molecule has 7 heteroatoms. The molecule has 2 heterocycles. The number of hydrogen-bond donors (Lipinski definition) is 2. The number of fused-ring (bicyclic) bond motifs is 1. The average Bonchev–Trinajstić information content (AvgIpc) is 3.28. The highest BCUT2D eigenvalue weighted by atomic mass is 127. The van der Waals surface area contributed by atoms with Gasteiger partial charge in [0.05, 0.1) is 11.6 Å². The van der Waals surface area contributed by atoms with Gasteiger partial charge in [0, 0.05) is 44.1 Å². The summed E-state index contributed by atoms with van der Waals surface area (Å²) in [5, 5.41) is 7.92. The van der Waals surface area contributed by atoms with Gasteiger partial charge in [-0.25, -0.2) is 4.98 Å². The quantitative estimate of drug-likeness (QED) is 0.359. The minimum absolute atomic E-state index is 0. The summed E-state index contributed by atoms with van der Waals surface area (Å²) in [7, 11) is 1.81. The lowest BCUT2D eigenvalue weighted by molar-refractivity contribution is 0.357. The minimum atomic E-state index is 0. The molecular weight excluding hydrogens is 459 g/mol. The number of aliphatic imine (C=N–C) groups is 1. The van der Waals surface area contributed by atoms with E-state index in [0.717, 1.165) is 57.1 Å². The highest BCUT2D eigenvalue weighted by Gasteiger charge is 2.11. The largest absolute Gasteiger partial charge is 0.493 e. The van der Waals surface area contributed by atoms with Crippen LogP contribution in [0.1, 0.15) is 27.9 Å². The van der Waals surface area contributed by atoms with Crippen LogP contribution in [0.4, 0.5) is 0 Å². The summed E-state index contributed by atoms with van der Waals surface area (Å²) in [5.41, 5.74) is 2.66. The van der Waals surface area contributed by atoms with Gasteiger partial charge in [-0.05, 0) is 30.0 Å². The summed E-state index contributed by atoms with van der Waals surface area (Å²) in [4.78, 5) is 10.1. The summed E-state index contributed by atoms with van der Waals surface area (Å²) in [6.45, 7) is 4.67. The second-order valence-electron chi connectivity index (χ2n) is 6.04. The molecule has 1 aliphatic rings. The fraction of sp³-hybridized carbons (Fsp3) is 0.474. The van der Waals surface area contributed by atoms with Crippen molar-refractivity contribution in [2.24, 2.45) is 4.99 Å². The summed E-state index contributed by atoms with van der Waals surface area (Å²) in [5.74, 6) is 1.89. The van der Waals surface area contributed by atoms with Crippen LogP contribution in [0, 0.1) is 0 Å². The Balaban J connectivity index is 0.00000243. The van der Waals surface area contributed by atoms with Crippen LogP contribution in [0.3, 0.4) is 0 Å². The number of nitrogens with one attached hydrogen (secondary N) is 2. The van der Waals surface area contributed by atoms with Crippen LogP contribution in [-0.4, -0.2) is 37.7 Å². The minimum Gasteiger partial charge on any atom is -0.493 e. The average molecular weight is 486 g/mol. The molecule has 3 rings (SSSR count). The molecule has 0 saturated carbocycles. The van der Waals surface area contributed by atoms with E-state index < -0.39 is 0 Å². The molecule has 26 heavy (non-hydrogen) atoms. The predicted octanol–water partition coefficient (Wildman–Crippen LogP) is 3.21. The molecule has 1 aliphatic heterocycles. The van der Waals surface area contributed by atoms with Crippen LogP contribution >= 0.6 is 35.3 Å². The Hall–Kier alpha value is -1.35. The first-order chi connectivity index (χ1) is 12.3. The van der Waals surface area contributed by atoms with Crippen LogP contribution in [0.5, 0.6) is 5.75 Å². The van der Waals surface area contributed by atoms with Gasteiger partial charge in [0.1, 0.15) is 5.75 Å². The number of ether oxygens (including phenoxy) is 1. The zero-order valence-corrected chi connectivity index (χ0v) is 18.5. The van der Waals surface area contributed by atoms with E-state index in [9.17, 15) is 0 Å². The molecule has 0 aliphatic carbocycles. The molecule has 0 unspecified atom stereocenters. The van der Waals surface area contributed by atoms with E-state index in [1.807, 2.05) is 6.20 Å². The Morgan fingerprint density at radius 3 is 2.81 bits per heavy atom. The van der Waals surface area contributed by atoms with Crippen LogP contribution < -0.4 is 15.4 Å². The number of aryl methyl sites for hydroxylation is 1. The van der Waals surface area contributed by atoms with Gasteiger partial charge in [0.2, 0.25) is 0 Å². The Morgan fingerprint density at radius 2 is 2.08 bits per heavy atom. The highest BCUT2D eigenvalue weighted by Crippen LogP contribution is 2.25. The number of aromatic nitrogens is 1. The van der Waals surface area contributed by atoms with Gasteiger partial charge in [-0.15, -0.1) is 35.3 Å². The zero-order chi connectivity index (χ0) is 17.5. The third-order valence-electron chi connectivity index (χ3n) is 4.26. The van der Waals surface area contributed by atoms with Gasteiger partial charge >= 0.3 is 0 Å². The van der Waals surface area contributed by atoms with Crippen molar-refractivity contribution in [3.05, 3.63) is 45.4 Å². The normalized spacial score (nSPS) is 12.9. The van der Waals surface area contributed by atoms with Crippen LogP contribution in [0.25, 0.3) is 0 Å². The highest BCUT2D eigenvalue weighted by molar-refractivity contribution is 14.0. The molecule has 142 valence electrons. The van der Waals surface area contributed by atoms with Crippen LogP contribution in [-0.2, 0) is 25.7 Å². The topological polar surface area (TPSA) is 58.5 Å². The van der Waals surface area contributed by atoms with E-state index in [1.54, 1.807) is 18.4 Å². The third kappa shape index (κ3) is 5.84. The number of hydrogen-bond acceptors (Lipinski definition) is 4. The van der Waals surface area contributed by atoms with Gasteiger partial charge in [0.15, 0.2) is 5.96 Å². The van der Waals surface area contributed by atoms with Gasteiger partial charge < -0.3 is 15.4 Å². The zero-order valence-electron chi connectivity index (χ0n) is 15.4. The van der Waals surface area contributed by atoms with E-state index in [0.29, 0.717) is 0 Å². The van der Waals surface area contributed by atoms with E-state index in [-0.39, 0.29) is 24.0 Å². The van der Waals surface area contributed by atoms with Crippen molar-refractivity contribution in [3.8, 4) is 5.75 Å². The SMILES string of the molecule is CCc1cnc(CCNC(=NC)NCCc2ccc3c(c2)CCO3)s1.I. The summed E-state index contributed by atoms with van der Waals surface area (Å²) >= 11 is 1.80. The molecule has 0 saturated heterocycles. The lowest BCUT2D eigenvalue weighted by Crippen LogP contribution is -2.39. The lowest BCUT2D eigenvalue weighted by Gasteiger charge is -2.11. The number of benzene rings is 1. The first-order valence-corrected chi connectivity index (χ1v) is 9.73. The molecule has 0 bridgehead atoms. The fourth-order valence-corrected chi connectivity index (χ4v) is 3.72. The molecular formula is C19H27IN4OS. The Labute approximate surface area is 176 Å². The summed E-state index contributed by atoms with van der Waals surface area (Å²) < 4.78 is 5.55. The predicted molar refractivity (Wildman–Crippen MR) is 119 cm³/mol. The van der Waals surface area contributed by atoms with E-state index in [1.165, 1.54) is 21.0 Å². The van der Waals surface area contributed by atoms with Gasteiger partial charge in [-0.3, -0.25) is 4.99 Å². The van der Waals surface area contributed by atoms with E-state index in [2.05, 4.69) is 45.7 Å². The van der Waals surface area contributed by atoms with Crippen molar-refractivity contribution in [3.63, 3.8) is 0 Å². The second-order valence-corrected chi connectivity index (χ2v) is 7.24. The molecule has 2 aromatic rings. The summed E-state index contributed by atoms with van der Waals surface area (Å²) in [6.07, 6.45) is 5.96. The second kappa shape index (κ2) is 10.7. The lowest BCUT2D eigenvalue weighted by atomic mass is 10.1. The number of nitrogens with zero attached hydrogens (tertiary/aromatic N) is 2. The molecule has 0 fully saturated rings. The molecule has 0 radical (unpaired) electrons. The van der Waals surface area contributed by atoms with Gasteiger partial charge in [0.25, 0.3) is 0 Å². The molecule has 5 nitrogen and oxygen atoms in total. The third-order valence-corrected chi connectivity index (χ3v) is 5.47. The molecule has 2 N–H and O–H groups in total. The van der Waals surface area contributed by atoms with Gasteiger partial charge in [-0.1, -0.05) is 19.1 Å². The Bertz CT molecular complexity index is 732. The standard InChI is InChI=1S/C19H26N4OS.HI/c1-3-16-13-23-18(25-16)7-10-22-19(20-2)21-9-6-14-4-5-17-15(12-14)8-11-24-17;/h4-5,12-13H,3,6-11H2,1-2H3,(H2,20,21,22);1H. The number of rotatable bonds is 7. The molecule has 0 atom stereocenters. The maximum Gasteiger partial charge on any atom is 0.191 e. The van der Waals surface area contributed by atoms with E-state index in [4.69, 9.17) is 4.74 Å².